The molecule has 1 heterocycles. The van der Waals surface area contributed by atoms with Gasteiger partial charge in [-0.2, -0.15) is 0 Å². The zero-order valence-electron chi connectivity index (χ0n) is 17.2. The molecule has 1 N–H and O–H groups in total. The molecular formula is C24H30N2O3. The smallest absolute Gasteiger partial charge is 0.247 e. The molecule has 1 aliphatic heterocycles. The molecule has 2 aromatic rings. The molecule has 0 aromatic heterocycles. The van der Waals surface area contributed by atoms with Crippen molar-refractivity contribution >= 4 is 11.8 Å². The summed E-state index contributed by atoms with van der Waals surface area (Å²) < 4.78 is 5.64. The second-order valence-corrected chi connectivity index (χ2v) is 7.80. The van der Waals surface area contributed by atoms with Gasteiger partial charge in [-0.25, -0.2) is 0 Å². The van der Waals surface area contributed by atoms with E-state index in [0.29, 0.717) is 13.1 Å². The average molecular weight is 395 g/mol. The number of carbonyl (C=O) groups is 2. The van der Waals surface area contributed by atoms with Crippen LogP contribution in [-0.4, -0.2) is 36.0 Å². The minimum Gasteiger partial charge on any atom is -0.376 e. The summed E-state index contributed by atoms with van der Waals surface area (Å²) in [5.74, 6) is -0.428. The molecule has 3 rings (SSSR count). The number of hydrogen-bond donors (Lipinski definition) is 1. The van der Waals surface area contributed by atoms with Crippen molar-refractivity contribution in [3.8, 4) is 0 Å². The Kier molecular flexibility index (Phi) is 7.42. The van der Waals surface area contributed by atoms with Crippen molar-refractivity contribution in [2.75, 3.05) is 13.2 Å². The Bertz CT molecular complexity index is 786. The number of carbonyl (C=O) groups excluding carboxylic acids is 2. The summed E-state index contributed by atoms with van der Waals surface area (Å²) in [6, 6.07) is 18.6. The SMILES string of the molecule is CC(C)C(=O)N(Cc1ccccc1)[C@@H](C(=O)NC[C@@H]1CCCO1)c1ccccc1. The average Bonchev–Trinajstić information content (AvgIpc) is 3.26. The molecule has 0 bridgehead atoms. The molecule has 2 atom stereocenters. The number of rotatable bonds is 8. The van der Waals surface area contributed by atoms with E-state index in [1.54, 1.807) is 4.90 Å². The van der Waals surface area contributed by atoms with Gasteiger partial charge >= 0.3 is 0 Å². The zero-order chi connectivity index (χ0) is 20.6. The van der Waals surface area contributed by atoms with Crippen LogP contribution in [0.1, 0.15) is 43.9 Å². The van der Waals surface area contributed by atoms with Gasteiger partial charge in [-0.15, -0.1) is 0 Å². The first-order chi connectivity index (χ1) is 14.1. The first-order valence-electron chi connectivity index (χ1n) is 10.3. The van der Waals surface area contributed by atoms with Crippen molar-refractivity contribution in [3.63, 3.8) is 0 Å². The molecule has 0 saturated carbocycles. The highest BCUT2D eigenvalue weighted by Gasteiger charge is 2.33. The van der Waals surface area contributed by atoms with Crippen LogP contribution >= 0.6 is 0 Å². The molecule has 5 heteroatoms. The number of ether oxygens (including phenoxy) is 1. The van der Waals surface area contributed by atoms with Crippen molar-refractivity contribution in [3.05, 3.63) is 71.8 Å². The monoisotopic (exact) mass is 394 g/mol. The van der Waals surface area contributed by atoms with Gasteiger partial charge in [-0.3, -0.25) is 9.59 Å². The molecule has 154 valence electrons. The van der Waals surface area contributed by atoms with Crippen LogP contribution in [-0.2, 0) is 20.9 Å². The zero-order valence-corrected chi connectivity index (χ0v) is 17.2. The lowest BCUT2D eigenvalue weighted by Crippen LogP contribution is -2.46. The number of benzene rings is 2. The quantitative estimate of drug-likeness (QED) is 0.743. The highest BCUT2D eigenvalue weighted by molar-refractivity contribution is 5.89. The van der Waals surface area contributed by atoms with Crippen LogP contribution in [0.5, 0.6) is 0 Å². The third-order valence-electron chi connectivity index (χ3n) is 5.18. The molecule has 1 fully saturated rings. The fourth-order valence-electron chi connectivity index (χ4n) is 3.63. The van der Waals surface area contributed by atoms with E-state index in [0.717, 1.165) is 30.6 Å². The van der Waals surface area contributed by atoms with Gasteiger partial charge in [0.15, 0.2) is 0 Å². The van der Waals surface area contributed by atoms with Crippen molar-refractivity contribution < 1.29 is 14.3 Å². The molecule has 2 amide bonds. The van der Waals surface area contributed by atoms with E-state index in [2.05, 4.69) is 5.32 Å². The fraction of sp³-hybridized carbons (Fsp3) is 0.417. The van der Waals surface area contributed by atoms with E-state index in [4.69, 9.17) is 4.74 Å². The maximum atomic E-state index is 13.3. The van der Waals surface area contributed by atoms with E-state index < -0.39 is 6.04 Å². The number of nitrogens with zero attached hydrogens (tertiary/aromatic N) is 1. The van der Waals surface area contributed by atoms with Gasteiger partial charge in [0.05, 0.1) is 6.10 Å². The minimum atomic E-state index is -0.687. The summed E-state index contributed by atoms with van der Waals surface area (Å²) in [6.07, 6.45) is 2.03. The maximum Gasteiger partial charge on any atom is 0.247 e. The third-order valence-corrected chi connectivity index (χ3v) is 5.18. The van der Waals surface area contributed by atoms with Gasteiger partial charge in [0, 0.05) is 25.6 Å². The molecule has 1 aliphatic rings. The Balaban J connectivity index is 1.88. The fourth-order valence-corrected chi connectivity index (χ4v) is 3.63. The Morgan fingerprint density at radius 1 is 1.07 bits per heavy atom. The standard InChI is InChI=1S/C24H30N2O3/c1-18(2)24(28)26(17-19-10-5-3-6-11-19)22(20-12-7-4-8-13-20)23(27)25-16-21-14-9-15-29-21/h3-8,10-13,18,21-22H,9,14-17H2,1-2H3,(H,25,27)/t21-,22+/m0/s1. The lowest BCUT2D eigenvalue weighted by molar-refractivity contribution is -0.144. The highest BCUT2D eigenvalue weighted by atomic mass is 16.5. The molecular weight excluding hydrogens is 364 g/mol. The summed E-state index contributed by atoms with van der Waals surface area (Å²) in [7, 11) is 0. The van der Waals surface area contributed by atoms with Crippen LogP contribution in [0.2, 0.25) is 0 Å². The molecule has 29 heavy (non-hydrogen) atoms. The lowest BCUT2D eigenvalue weighted by atomic mass is 10.0. The van der Waals surface area contributed by atoms with E-state index in [-0.39, 0.29) is 23.8 Å². The number of nitrogens with one attached hydrogen (secondary N) is 1. The van der Waals surface area contributed by atoms with Gasteiger partial charge in [0.25, 0.3) is 0 Å². The minimum absolute atomic E-state index is 0.0463. The van der Waals surface area contributed by atoms with E-state index in [9.17, 15) is 9.59 Å². The molecule has 1 saturated heterocycles. The van der Waals surface area contributed by atoms with Gasteiger partial charge in [0.1, 0.15) is 6.04 Å². The molecule has 0 unspecified atom stereocenters. The maximum absolute atomic E-state index is 13.3. The Morgan fingerprint density at radius 3 is 2.31 bits per heavy atom. The first-order valence-corrected chi connectivity index (χ1v) is 10.3. The Hall–Kier alpha value is -2.66. The summed E-state index contributed by atoms with van der Waals surface area (Å²) >= 11 is 0. The number of hydrogen-bond acceptors (Lipinski definition) is 3. The predicted molar refractivity (Wildman–Crippen MR) is 113 cm³/mol. The van der Waals surface area contributed by atoms with Crippen LogP contribution in [0.25, 0.3) is 0 Å². The second-order valence-electron chi connectivity index (χ2n) is 7.80. The van der Waals surface area contributed by atoms with Crippen molar-refractivity contribution in [2.24, 2.45) is 5.92 Å². The highest BCUT2D eigenvalue weighted by Crippen LogP contribution is 2.26. The Morgan fingerprint density at radius 2 is 1.72 bits per heavy atom. The van der Waals surface area contributed by atoms with Gasteiger partial charge in [-0.1, -0.05) is 74.5 Å². The van der Waals surface area contributed by atoms with Crippen LogP contribution < -0.4 is 5.32 Å². The molecule has 2 aromatic carbocycles. The van der Waals surface area contributed by atoms with E-state index in [1.807, 2.05) is 74.5 Å². The topological polar surface area (TPSA) is 58.6 Å². The largest absolute Gasteiger partial charge is 0.376 e. The van der Waals surface area contributed by atoms with Crippen LogP contribution in [0.3, 0.4) is 0 Å². The van der Waals surface area contributed by atoms with Crippen molar-refractivity contribution in [1.29, 1.82) is 0 Å². The Labute approximate surface area is 173 Å². The van der Waals surface area contributed by atoms with Crippen LogP contribution in [0, 0.1) is 5.92 Å². The molecule has 5 nitrogen and oxygen atoms in total. The molecule has 0 spiro atoms. The molecule has 0 radical (unpaired) electrons. The summed E-state index contributed by atoms with van der Waals surface area (Å²) in [6.45, 7) is 5.33. The molecule has 0 aliphatic carbocycles. The van der Waals surface area contributed by atoms with Crippen LogP contribution in [0.15, 0.2) is 60.7 Å². The van der Waals surface area contributed by atoms with Crippen LogP contribution in [0.4, 0.5) is 0 Å². The van der Waals surface area contributed by atoms with Gasteiger partial charge in [-0.05, 0) is 24.0 Å². The summed E-state index contributed by atoms with van der Waals surface area (Å²) in [5, 5.41) is 3.03. The van der Waals surface area contributed by atoms with Gasteiger partial charge in [0.2, 0.25) is 11.8 Å². The van der Waals surface area contributed by atoms with E-state index in [1.165, 1.54) is 0 Å². The van der Waals surface area contributed by atoms with Crippen molar-refractivity contribution in [1.82, 2.24) is 10.2 Å². The van der Waals surface area contributed by atoms with E-state index >= 15 is 0 Å². The summed E-state index contributed by atoms with van der Waals surface area (Å²) in [4.78, 5) is 28.1. The van der Waals surface area contributed by atoms with Crippen molar-refractivity contribution in [2.45, 2.75) is 45.4 Å². The normalized spacial score (nSPS) is 17.1. The predicted octanol–water partition coefficient (Wildman–Crippen LogP) is 3.71. The summed E-state index contributed by atoms with van der Waals surface area (Å²) in [5.41, 5.74) is 1.80. The first kappa shape index (κ1) is 21.1. The number of amides is 2. The third kappa shape index (κ3) is 5.67. The van der Waals surface area contributed by atoms with Gasteiger partial charge < -0.3 is 15.0 Å². The second kappa shape index (κ2) is 10.2. The lowest BCUT2D eigenvalue weighted by Gasteiger charge is -2.33.